The number of rotatable bonds is 4. The minimum atomic E-state index is 0.0637. The van der Waals surface area contributed by atoms with E-state index in [1.165, 1.54) is 0 Å². The largest absolute Gasteiger partial charge is 0.353 e. The molecule has 0 amide bonds. The number of anilines is 1. The molecule has 0 aliphatic heterocycles. The minimum absolute atomic E-state index is 0.0637. The van der Waals surface area contributed by atoms with Crippen LogP contribution in [0.5, 0.6) is 0 Å². The predicted octanol–water partition coefficient (Wildman–Crippen LogP) is 2.41. The Kier molecular flexibility index (Phi) is 3.23. The highest BCUT2D eigenvalue weighted by molar-refractivity contribution is 5.25. The smallest absolute Gasteiger partial charge is 0.222 e. The van der Waals surface area contributed by atoms with Gasteiger partial charge in [0.2, 0.25) is 5.95 Å². The van der Waals surface area contributed by atoms with Gasteiger partial charge in [-0.3, -0.25) is 0 Å². The normalized spacial score (nSPS) is 11.1. The zero-order valence-corrected chi connectivity index (χ0v) is 9.04. The van der Waals surface area contributed by atoms with E-state index in [1.54, 1.807) is 12.4 Å². The van der Waals surface area contributed by atoms with Gasteiger partial charge in [-0.1, -0.05) is 19.9 Å². The van der Waals surface area contributed by atoms with Crippen LogP contribution in [0, 0.1) is 12.3 Å². The highest BCUT2D eigenvalue weighted by atomic mass is 15.1. The Morgan fingerprint density at radius 2 is 2.00 bits per heavy atom. The van der Waals surface area contributed by atoms with Gasteiger partial charge in [0.25, 0.3) is 0 Å². The third kappa shape index (κ3) is 3.17. The molecule has 0 aliphatic carbocycles. The lowest BCUT2D eigenvalue weighted by atomic mass is 9.94. The Hall–Kier alpha value is -1.38. The maximum atomic E-state index is 4.16. The third-order valence-corrected chi connectivity index (χ3v) is 2.04. The summed E-state index contributed by atoms with van der Waals surface area (Å²) >= 11 is 0. The first-order chi connectivity index (χ1) is 6.53. The lowest BCUT2D eigenvalue weighted by molar-refractivity contribution is 0.512. The van der Waals surface area contributed by atoms with Gasteiger partial charge in [0.15, 0.2) is 0 Å². The van der Waals surface area contributed by atoms with Crippen LogP contribution in [0.25, 0.3) is 0 Å². The summed E-state index contributed by atoms with van der Waals surface area (Å²) < 4.78 is 0. The number of hydrogen-bond acceptors (Lipinski definition) is 3. The molecule has 0 fully saturated rings. The standard InChI is InChI=1S/C11H17N3/c1-5-11(3,4)8-14-10-12-6-9(2)7-13-10/h5-7H,1,8H2,2-4H3,(H,12,13,14). The SMILES string of the molecule is C=CC(C)(C)CNc1ncc(C)cn1. The van der Waals surface area contributed by atoms with Gasteiger partial charge >= 0.3 is 0 Å². The van der Waals surface area contributed by atoms with Crippen molar-refractivity contribution in [2.75, 3.05) is 11.9 Å². The molecule has 1 N–H and O–H groups in total. The summed E-state index contributed by atoms with van der Waals surface area (Å²) in [7, 11) is 0. The molecule has 0 unspecified atom stereocenters. The van der Waals surface area contributed by atoms with E-state index in [1.807, 2.05) is 13.0 Å². The summed E-state index contributed by atoms with van der Waals surface area (Å²) in [4.78, 5) is 8.32. The molecule has 1 rings (SSSR count). The van der Waals surface area contributed by atoms with Gasteiger partial charge in [-0.25, -0.2) is 9.97 Å². The van der Waals surface area contributed by atoms with Crippen molar-refractivity contribution in [3.8, 4) is 0 Å². The van der Waals surface area contributed by atoms with Crippen molar-refractivity contribution in [3.63, 3.8) is 0 Å². The van der Waals surface area contributed by atoms with Gasteiger partial charge in [0.05, 0.1) is 0 Å². The van der Waals surface area contributed by atoms with Crippen molar-refractivity contribution < 1.29 is 0 Å². The Morgan fingerprint density at radius 1 is 1.43 bits per heavy atom. The Bertz CT molecular complexity index is 301. The minimum Gasteiger partial charge on any atom is -0.353 e. The summed E-state index contributed by atoms with van der Waals surface area (Å²) in [5.74, 6) is 0.672. The molecule has 14 heavy (non-hydrogen) atoms. The molecule has 1 aromatic heterocycles. The maximum Gasteiger partial charge on any atom is 0.222 e. The summed E-state index contributed by atoms with van der Waals surface area (Å²) in [6.45, 7) is 10.8. The van der Waals surface area contributed by atoms with E-state index in [4.69, 9.17) is 0 Å². The van der Waals surface area contributed by atoms with E-state index in [2.05, 4.69) is 35.7 Å². The number of hydrogen-bond donors (Lipinski definition) is 1. The molecule has 3 heteroatoms. The van der Waals surface area contributed by atoms with Gasteiger partial charge in [-0.2, -0.15) is 0 Å². The highest BCUT2D eigenvalue weighted by Gasteiger charge is 2.12. The van der Waals surface area contributed by atoms with Crippen LogP contribution in [0.15, 0.2) is 25.0 Å². The molecule has 0 atom stereocenters. The molecular weight excluding hydrogens is 174 g/mol. The molecule has 0 spiro atoms. The van der Waals surface area contributed by atoms with Crippen LogP contribution in [0.4, 0.5) is 5.95 Å². The van der Waals surface area contributed by atoms with E-state index in [9.17, 15) is 0 Å². The van der Waals surface area contributed by atoms with Crippen molar-refractivity contribution in [2.24, 2.45) is 5.41 Å². The third-order valence-electron chi connectivity index (χ3n) is 2.04. The van der Waals surface area contributed by atoms with Gasteiger partial charge in [-0.15, -0.1) is 6.58 Å². The average molecular weight is 191 g/mol. The topological polar surface area (TPSA) is 37.8 Å². The Labute approximate surface area is 85.3 Å². The lowest BCUT2D eigenvalue weighted by Gasteiger charge is -2.19. The molecule has 0 aromatic carbocycles. The van der Waals surface area contributed by atoms with Crippen LogP contribution >= 0.6 is 0 Å². The summed E-state index contributed by atoms with van der Waals surface area (Å²) in [5.41, 5.74) is 1.13. The maximum absolute atomic E-state index is 4.16. The molecule has 0 bridgehead atoms. The Morgan fingerprint density at radius 3 is 2.50 bits per heavy atom. The monoisotopic (exact) mass is 191 g/mol. The van der Waals surface area contributed by atoms with E-state index >= 15 is 0 Å². The summed E-state index contributed by atoms with van der Waals surface area (Å²) in [6.07, 6.45) is 5.53. The fraction of sp³-hybridized carbons (Fsp3) is 0.455. The fourth-order valence-corrected chi connectivity index (χ4v) is 0.863. The van der Waals surface area contributed by atoms with Crippen molar-refractivity contribution in [2.45, 2.75) is 20.8 Å². The second-order valence-corrected chi connectivity index (χ2v) is 4.13. The van der Waals surface area contributed by atoms with Gasteiger partial charge in [0.1, 0.15) is 0 Å². The summed E-state index contributed by atoms with van der Waals surface area (Å²) in [5, 5.41) is 3.17. The lowest BCUT2D eigenvalue weighted by Crippen LogP contribution is -2.21. The summed E-state index contributed by atoms with van der Waals surface area (Å²) in [6, 6.07) is 0. The van der Waals surface area contributed by atoms with Crippen LogP contribution in [0.1, 0.15) is 19.4 Å². The van der Waals surface area contributed by atoms with Crippen molar-refractivity contribution in [1.29, 1.82) is 0 Å². The first-order valence-electron chi connectivity index (χ1n) is 4.69. The average Bonchev–Trinajstić information content (AvgIpc) is 2.17. The van der Waals surface area contributed by atoms with E-state index in [0.29, 0.717) is 5.95 Å². The highest BCUT2D eigenvalue weighted by Crippen LogP contribution is 2.15. The van der Waals surface area contributed by atoms with Crippen molar-refractivity contribution >= 4 is 5.95 Å². The first-order valence-corrected chi connectivity index (χ1v) is 4.69. The zero-order valence-electron chi connectivity index (χ0n) is 9.04. The van der Waals surface area contributed by atoms with E-state index in [-0.39, 0.29) is 5.41 Å². The molecule has 0 aliphatic rings. The van der Waals surface area contributed by atoms with Crippen LogP contribution < -0.4 is 5.32 Å². The number of aromatic nitrogens is 2. The molecular formula is C11H17N3. The predicted molar refractivity (Wildman–Crippen MR) is 59.2 cm³/mol. The van der Waals surface area contributed by atoms with E-state index < -0.39 is 0 Å². The molecule has 0 saturated carbocycles. The van der Waals surface area contributed by atoms with Crippen molar-refractivity contribution in [3.05, 3.63) is 30.6 Å². The number of nitrogens with one attached hydrogen (secondary N) is 1. The van der Waals surface area contributed by atoms with Gasteiger partial charge < -0.3 is 5.32 Å². The first kappa shape index (κ1) is 10.7. The van der Waals surface area contributed by atoms with Gasteiger partial charge in [0, 0.05) is 18.9 Å². The van der Waals surface area contributed by atoms with Gasteiger partial charge in [-0.05, 0) is 17.9 Å². The molecule has 1 aromatic rings. The Balaban J connectivity index is 2.54. The van der Waals surface area contributed by atoms with Crippen LogP contribution in [0.3, 0.4) is 0 Å². The molecule has 0 saturated heterocycles. The van der Waals surface area contributed by atoms with Crippen LogP contribution in [0.2, 0.25) is 0 Å². The quantitative estimate of drug-likeness (QED) is 0.743. The second-order valence-electron chi connectivity index (χ2n) is 4.13. The van der Waals surface area contributed by atoms with E-state index in [0.717, 1.165) is 12.1 Å². The molecule has 76 valence electrons. The van der Waals surface area contributed by atoms with Crippen molar-refractivity contribution in [1.82, 2.24) is 9.97 Å². The molecule has 0 radical (unpaired) electrons. The number of aryl methyl sites for hydroxylation is 1. The number of nitrogens with zero attached hydrogens (tertiary/aromatic N) is 2. The van der Waals surface area contributed by atoms with Crippen LogP contribution in [-0.4, -0.2) is 16.5 Å². The molecule has 3 nitrogen and oxygen atoms in total. The molecule has 1 heterocycles. The zero-order chi connectivity index (χ0) is 10.6. The fourth-order valence-electron chi connectivity index (χ4n) is 0.863. The second kappa shape index (κ2) is 4.22. The van der Waals surface area contributed by atoms with Crippen LogP contribution in [-0.2, 0) is 0 Å².